The summed E-state index contributed by atoms with van der Waals surface area (Å²) in [6.45, 7) is 5.27. The van der Waals surface area contributed by atoms with Crippen molar-refractivity contribution in [3.8, 4) is 0 Å². The zero-order chi connectivity index (χ0) is 15.6. The number of nitrogens with zero attached hydrogens (tertiary/aromatic N) is 1. The molecule has 0 aromatic carbocycles. The van der Waals surface area contributed by atoms with Gasteiger partial charge in [-0.3, -0.25) is 0 Å². The van der Waals surface area contributed by atoms with Crippen LogP contribution in [-0.2, 0) is 4.79 Å². The Bertz CT molecular complexity index is 383. The van der Waals surface area contributed by atoms with Gasteiger partial charge in [0.25, 0.3) is 0 Å². The minimum atomic E-state index is -1.19. The Hall–Kier alpha value is -1.30. The van der Waals surface area contributed by atoms with Crippen molar-refractivity contribution in [3.63, 3.8) is 0 Å². The van der Waals surface area contributed by atoms with E-state index in [1.165, 1.54) is 4.90 Å². The van der Waals surface area contributed by atoms with Crippen LogP contribution >= 0.6 is 0 Å². The van der Waals surface area contributed by atoms with Crippen LogP contribution in [0.3, 0.4) is 0 Å². The van der Waals surface area contributed by atoms with Crippen LogP contribution in [0.25, 0.3) is 0 Å². The monoisotopic (exact) mass is 286 g/mol. The second-order valence-electron chi connectivity index (χ2n) is 6.55. The molecule has 116 valence electrons. The van der Waals surface area contributed by atoms with Gasteiger partial charge in [0.1, 0.15) is 5.54 Å². The van der Waals surface area contributed by atoms with Crippen molar-refractivity contribution in [2.24, 2.45) is 5.92 Å². The van der Waals surface area contributed by atoms with Crippen molar-refractivity contribution in [2.45, 2.75) is 57.5 Å². The van der Waals surface area contributed by atoms with E-state index in [1.54, 1.807) is 20.9 Å². The molecule has 3 N–H and O–H groups in total. The van der Waals surface area contributed by atoms with Crippen molar-refractivity contribution in [2.75, 3.05) is 13.7 Å². The van der Waals surface area contributed by atoms with Gasteiger partial charge < -0.3 is 20.4 Å². The summed E-state index contributed by atoms with van der Waals surface area (Å²) in [5, 5.41) is 21.5. The topological polar surface area (TPSA) is 89.9 Å². The number of carbonyl (C=O) groups is 2. The van der Waals surface area contributed by atoms with E-state index in [1.807, 2.05) is 6.92 Å². The molecule has 6 heteroatoms. The molecule has 2 atom stereocenters. The number of nitrogens with one attached hydrogen (secondary N) is 1. The zero-order valence-electron chi connectivity index (χ0n) is 12.8. The maximum absolute atomic E-state index is 12.3. The van der Waals surface area contributed by atoms with E-state index in [4.69, 9.17) is 0 Å². The van der Waals surface area contributed by atoms with Gasteiger partial charge in [0.2, 0.25) is 0 Å². The van der Waals surface area contributed by atoms with Gasteiger partial charge in [0.15, 0.2) is 0 Å². The van der Waals surface area contributed by atoms with Crippen molar-refractivity contribution in [3.05, 3.63) is 0 Å². The van der Waals surface area contributed by atoms with Gasteiger partial charge in [-0.1, -0.05) is 19.8 Å². The Morgan fingerprint density at radius 2 is 2.05 bits per heavy atom. The summed E-state index contributed by atoms with van der Waals surface area (Å²) in [6, 6.07) is -0.458. The maximum atomic E-state index is 12.3. The smallest absolute Gasteiger partial charge is 0.329 e. The quantitative estimate of drug-likeness (QED) is 0.729. The summed E-state index contributed by atoms with van der Waals surface area (Å²) in [5.41, 5.74) is -1.92. The molecule has 1 aliphatic carbocycles. The number of rotatable bonds is 4. The molecule has 0 heterocycles. The van der Waals surface area contributed by atoms with Crippen LogP contribution in [0, 0.1) is 5.92 Å². The predicted molar refractivity (Wildman–Crippen MR) is 75.5 cm³/mol. The fourth-order valence-corrected chi connectivity index (χ4v) is 2.58. The van der Waals surface area contributed by atoms with E-state index in [-0.39, 0.29) is 12.5 Å². The third-order valence-electron chi connectivity index (χ3n) is 4.35. The number of likely N-dealkylation sites (N-methyl/N-ethyl adjacent to an activating group) is 1. The molecule has 0 radical (unpaired) electrons. The van der Waals surface area contributed by atoms with Crippen LogP contribution in [-0.4, -0.2) is 51.8 Å². The van der Waals surface area contributed by atoms with E-state index < -0.39 is 23.1 Å². The number of aliphatic hydroxyl groups excluding tert-OH is 1. The largest absolute Gasteiger partial charge is 0.480 e. The molecule has 0 aliphatic heterocycles. The van der Waals surface area contributed by atoms with Crippen LogP contribution in [0.4, 0.5) is 4.79 Å². The molecule has 6 nitrogen and oxygen atoms in total. The molecule has 20 heavy (non-hydrogen) atoms. The van der Waals surface area contributed by atoms with E-state index in [0.717, 1.165) is 12.8 Å². The van der Waals surface area contributed by atoms with Gasteiger partial charge in [0.05, 0.1) is 12.1 Å². The van der Waals surface area contributed by atoms with Crippen molar-refractivity contribution in [1.29, 1.82) is 0 Å². The molecule has 0 aromatic heterocycles. The van der Waals surface area contributed by atoms with Gasteiger partial charge in [-0.25, -0.2) is 9.59 Å². The molecule has 1 rings (SSSR count). The molecular formula is C14H26N2O4. The fraction of sp³-hybridized carbons (Fsp3) is 0.857. The Kier molecular flexibility index (Phi) is 5.02. The average Bonchev–Trinajstić information content (AvgIpc) is 2.37. The summed E-state index contributed by atoms with van der Waals surface area (Å²) < 4.78 is 0. The fourth-order valence-electron chi connectivity index (χ4n) is 2.58. The minimum Gasteiger partial charge on any atom is -0.480 e. The highest BCUT2D eigenvalue weighted by Crippen LogP contribution is 2.33. The third-order valence-corrected chi connectivity index (χ3v) is 4.35. The van der Waals surface area contributed by atoms with Gasteiger partial charge >= 0.3 is 12.0 Å². The highest BCUT2D eigenvalue weighted by Gasteiger charge is 2.44. The number of hydrogen-bond acceptors (Lipinski definition) is 3. The minimum absolute atomic E-state index is 0.187. The van der Waals surface area contributed by atoms with Crippen molar-refractivity contribution in [1.82, 2.24) is 10.2 Å². The van der Waals surface area contributed by atoms with E-state index >= 15 is 0 Å². The lowest BCUT2D eigenvalue weighted by Crippen LogP contribution is -2.62. The lowest BCUT2D eigenvalue weighted by atomic mass is 9.76. The molecule has 0 aromatic rings. The Morgan fingerprint density at radius 1 is 1.45 bits per heavy atom. The van der Waals surface area contributed by atoms with Gasteiger partial charge in [-0.15, -0.1) is 0 Å². The van der Waals surface area contributed by atoms with E-state index in [0.29, 0.717) is 12.8 Å². The molecule has 0 bridgehead atoms. The van der Waals surface area contributed by atoms with Crippen LogP contribution in [0.1, 0.15) is 46.5 Å². The lowest BCUT2D eigenvalue weighted by Gasteiger charge is -2.41. The first kappa shape index (κ1) is 16.8. The predicted octanol–water partition coefficient (Wildman–Crippen LogP) is 1.43. The van der Waals surface area contributed by atoms with Gasteiger partial charge in [0, 0.05) is 7.05 Å². The second kappa shape index (κ2) is 5.99. The SMILES string of the molecule is CC1CCCC(NC(=O)N(C)C(C)(C)CO)(C(=O)O)C1. The van der Waals surface area contributed by atoms with Crippen molar-refractivity contribution >= 4 is 12.0 Å². The third kappa shape index (κ3) is 3.42. The second-order valence-corrected chi connectivity index (χ2v) is 6.55. The number of amides is 2. The number of carboxylic acid groups (broad SMARTS) is 1. The number of carboxylic acids is 1. The van der Waals surface area contributed by atoms with Gasteiger partial charge in [-0.05, 0) is 32.6 Å². The summed E-state index contributed by atoms with van der Waals surface area (Å²) in [6.07, 6.45) is 2.68. The molecule has 0 saturated heterocycles. The summed E-state index contributed by atoms with van der Waals surface area (Å²) in [5.74, 6) is -0.705. The summed E-state index contributed by atoms with van der Waals surface area (Å²) in [4.78, 5) is 25.2. The molecule has 0 spiro atoms. The first-order chi connectivity index (χ1) is 9.14. The number of hydrogen-bond donors (Lipinski definition) is 3. The van der Waals surface area contributed by atoms with E-state index in [2.05, 4.69) is 5.32 Å². The highest BCUT2D eigenvalue weighted by atomic mass is 16.4. The van der Waals surface area contributed by atoms with Gasteiger partial charge in [-0.2, -0.15) is 0 Å². The first-order valence-corrected chi connectivity index (χ1v) is 7.05. The Labute approximate surface area is 120 Å². The van der Waals surface area contributed by atoms with Crippen LogP contribution in [0.5, 0.6) is 0 Å². The molecule has 1 fully saturated rings. The first-order valence-electron chi connectivity index (χ1n) is 7.05. The Morgan fingerprint density at radius 3 is 2.50 bits per heavy atom. The van der Waals surface area contributed by atoms with E-state index in [9.17, 15) is 19.8 Å². The molecule has 1 saturated carbocycles. The van der Waals surface area contributed by atoms with Crippen LogP contribution < -0.4 is 5.32 Å². The number of aliphatic hydroxyl groups is 1. The Balaban J connectivity index is 2.86. The molecule has 2 unspecified atom stereocenters. The van der Waals surface area contributed by atoms with Crippen molar-refractivity contribution < 1.29 is 19.8 Å². The van der Waals surface area contributed by atoms with Crippen LogP contribution in [0.15, 0.2) is 0 Å². The lowest BCUT2D eigenvalue weighted by molar-refractivity contribution is -0.146. The zero-order valence-corrected chi connectivity index (χ0v) is 12.8. The molecule has 1 aliphatic rings. The number of carbonyl (C=O) groups excluding carboxylic acids is 1. The van der Waals surface area contributed by atoms with Crippen LogP contribution in [0.2, 0.25) is 0 Å². The normalized spacial score (nSPS) is 26.9. The molecular weight excluding hydrogens is 260 g/mol. The maximum Gasteiger partial charge on any atom is 0.329 e. The number of aliphatic carboxylic acids is 1. The average molecular weight is 286 g/mol. The summed E-state index contributed by atoms with van der Waals surface area (Å²) >= 11 is 0. The number of urea groups is 1. The summed E-state index contributed by atoms with van der Waals surface area (Å²) in [7, 11) is 1.56. The highest BCUT2D eigenvalue weighted by molar-refractivity contribution is 5.86. The molecule has 2 amide bonds. The standard InChI is InChI=1S/C14H26N2O4/c1-10-6-5-7-14(8-10,11(18)19)15-12(20)16(4)13(2,3)9-17/h10,17H,5-9H2,1-4H3,(H,15,20)(H,18,19).